The lowest BCUT2D eigenvalue weighted by Gasteiger charge is -2.27. The molecule has 4 aromatic rings. The zero-order valence-electron chi connectivity index (χ0n) is 21.2. The summed E-state index contributed by atoms with van der Waals surface area (Å²) in [4.78, 5) is 15.4. The van der Waals surface area contributed by atoms with Crippen LogP contribution in [-0.4, -0.2) is 26.1 Å². The van der Waals surface area contributed by atoms with Crippen LogP contribution in [0.5, 0.6) is 5.75 Å². The van der Waals surface area contributed by atoms with Gasteiger partial charge in [0.2, 0.25) is 0 Å². The Morgan fingerprint density at radius 2 is 1.69 bits per heavy atom. The third-order valence-electron chi connectivity index (χ3n) is 6.92. The number of amides is 1. The first-order valence-electron chi connectivity index (χ1n) is 12.1. The van der Waals surface area contributed by atoms with E-state index in [0.29, 0.717) is 23.5 Å². The molecule has 0 fully saturated rings. The van der Waals surface area contributed by atoms with E-state index in [1.54, 1.807) is 23.1 Å². The summed E-state index contributed by atoms with van der Waals surface area (Å²) in [5, 5.41) is 18.3. The minimum Gasteiger partial charge on any atom is -0.507 e. The maximum atomic E-state index is 13.7. The Labute approximate surface area is 210 Å². The van der Waals surface area contributed by atoms with E-state index in [0.717, 1.165) is 27.8 Å². The lowest BCUT2D eigenvalue weighted by Crippen LogP contribution is -2.29. The fraction of sp³-hybridized carbons (Fsp3) is 0.267. The number of carbonyl (C=O) groups excluding carboxylic acids is 1. The first-order valence-corrected chi connectivity index (χ1v) is 12.1. The molecule has 0 radical (unpaired) electrons. The normalized spacial score (nSPS) is 15.4. The van der Waals surface area contributed by atoms with Crippen LogP contribution in [0.25, 0.3) is 11.3 Å². The van der Waals surface area contributed by atoms with Gasteiger partial charge < -0.3 is 10.0 Å². The molecule has 0 saturated heterocycles. The second-order valence-electron chi connectivity index (χ2n) is 10.7. The van der Waals surface area contributed by atoms with Gasteiger partial charge in [-0.1, -0.05) is 63.2 Å². The highest BCUT2D eigenvalue weighted by molar-refractivity contribution is 6.00. The summed E-state index contributed by atoms with van der Waals surface area (Å²) >= 11 is 0. The highest BCUT2D eigenvalue weighted by Gasteiger charge is 2.42. The number of aromatic nitrogens is 2. The molecule has 1 unspecified atom stereocenters. The Morgan fingerprint density at radius 1 is 1.03 bits per heavy atom. The van der Waals surface area contributed by atoms with Crippen LogP contribution in [0.1, 0.15) is 70.7 Å². The minimum atomic E-state index is -0.416. The zero-order chi connectivity index (χ0) is 25.8. The van der Waals surface area contributed by atoms with Crippen molar-refractivity contribution in [2.75, 3.05) is 0 Å². The molecule has 5 nitrogen and oxygen atoms in total. The van der Waals surface area contributed by atoms with Crippen molar-refractivity contribution in [3.8, 4) is 17.0 Å². The number of phenolic OH excluding ortho intramolecular Hbond substituents is 1. The van der Waals surface area contributed by atoms with Crippen LogP contribution >= 0.6 is 0 Å². The number of aromatic hydroxyl groups is 1. The Hall–Kier alpha value is -3.93. The topological polar surface area (TPSA) is 69.2 Å². The summed E-state index contributed by atoms with van der Waals surface area (Å²) in [5.41, 5.74) is 7.14. The molecule has 2 heterocycles. The molecule has 1 amide bonds. The van der Waals surface area contributed by atoms with Crippen LogP contribution in [-0.2, 0) is 12.0 Å². The average molecular weight is 484 g/mol. The summed E-state index contributed by atoms with van der Waals surface area (Å²) in [6.07, 6.45) is 0. The van der Waals surface area contributed by atoms with Gasteiger partial charge in [-0.3, -0.25) is 9.89 Å². The lowest BCUT2D eigenvalue weighted by atomic mass is 9.85. The van der Waals surface area contributed by atoms with E-state index in [1.807, 2.05) is 19.9 Å². The van der Waals surface area contributed by atoms with E-state index >= 15 is 0 Å². The molecule has 1 aliphatic heterocycles. The van der Waals surface area contributed by atoms with Crippen molar-refractivity contribution in [1.82, 2.24) is 15.1 Å². The van der Waals surface area contributed by atoms with Gasteiger partial charge in [0.1, 0.15) is 23.0 Å². The summed E-state index contributed by atoms with van der Waals surface area (Å²) in [6.45, 7) is 10.7. The van der Waals surface area contributed by atoms with E-state index < -0.39 is 6.04 Å². The number of carbonyl (C=O) groups is 1. The summed E-state index contributed by atoms with van der Waals surface area (Å²) < 4.78 is 13.5. The second kappa shape index (κ2) is 8.63. The first kappa shape index (κ1) is 23.8. The number of aromatic amines is 1. The number of aryl methyl sites for hydroxylation is 2. The van der Waals surface area contributed by atoms with Crippen LogP contribution in [0.3, 0.4) is 0 Å². The highest BCUT2D eigenvalue weighted by Crippen LogP contribution is 2.46. The van der Waals surface area contributed by atoms with Crippen LogP contribution in [0.15, 0.2) is 60.7 Å². The molecule has 1 atom stereocenters. The van der Waals surface area contributed by atoms with Gasteiger partial charge in [0.25, 0.3) is 5.91 Å². The van der Waals surface area contributed by atoms with Crippen molar-refractivity contribution in [1.29, 1.82) is 0 Å². The summed E-state index contributed by atoms with van der Waals surface area (Å²) in [7, 11) is 0. The number of benzene rings is 3. The van der Waals surface area contributed by atoms with Gasteiger partial charge in [0.05, 0.1) is 6.04 Å². The zero-order valence-corrected chi connectivity index (χ0v) is 21.2. The Balaban J connectivity index is 1.67. The molecule has 0 aliphatic carbocycles. The molecule has 184 valence electrons. The standard InChI is InChI=1S/C30H30FN3O2/c1-17-14-18(2)24(23(35)15-17)26-25-27(33-32-26)29(36)34(16-19-6-12-22(31)13-7-19)28(25)20-8-10-21(11-9-20)30(3,4)5/h6-15,28,35H,16H2,1-5H3,(H,32,33). The van der Waals surface area contributed by atoms with Crippen molar-refractivity contribution in [3.63, 3.8) is 0 Å². The van der Waals surface area contributed by atoms with Gasteiger partial charge in [-0.05, 0) is 65.3 Å². The van der Waals surface area contributed by atoms with E-state index in [-0.39, 0.29) is 22.9 Å². The van der Waals surface area contributed by atoms with Crippen molar-refractivity contribution >= 4 is 5.91 Å². The summed E-state index contributed by atoms with van der Waals surface area (Å²) in [6, 6.07) is 17.8. The third kappa shape index (κ3) is 4.06. The average Bonchev–Trinajstić information content (AvgIpc) is 3.33. The van der Waals surface area contributed by atoms with E-state index in [2.05, 4.69) is 55.2 Å². The number of halogens is 1. The largest absolute Gasteiger partial charge is 0.507 e. The van der Waals surface area contributed by atoms with Crippen molar-refractivity contribution in [2.45, 2.75) is 52.6 Å². The number of hydrogen-bond donors (Lipinski definition) is 2. The molecule has 0 saturated carbocycles. The fourth-order valence-corrected chi connectivity index (χ4v) is 5.10. The molecule has 5 rings (SSSR count). The van der Waals surface area contributed by atoms with Gasteiger partial charge in [-0.15, -0.1) is 0 Å². The first-order chi connectivity index (χ1) is 17.0. The number of nitrogens with zero attached hydrogens (tertiary/aromatic N) is 2. The van der Waals surface area contributed by atoms with E-state index in [1.165, 1.54) is 17.7 Å². The number of nitrogens with one attached hydrogen (secondary N) is 1. The molecule has 1 aliphatic rings. The number of hydrogen-bond acceptors (Lipinski definition) is 3. The smallest absolute Gasteiger partial charge is 0.273 e. The predicted octanol–water partition coefficient (Wildman–Crippen LogP) is 6.58. The van der Waals surface area contributed by atoms with Crippen LogP contribution < -0.4 is 0 Å². The second-order valence-corrected chi connectivity index (χ2v) is 10.7. The molecule has 0 spiro atoms. The molecule has 36 heavy (non-hydrogen) atoms. The van der Waals surface area contributed by atoms with Crippen molar-refractivity contribution in [2.24, 2.45) is 0 Å². The van der Waals surface area contributed by atoms with Gasteiger partial charge >= 0.3 is 0 Å². The van der Waals surface area contributed by atoms with Crippen LogP contribution in [0, 0.1) is 19.7 Å². The highest BCUT2D eigenvalue weighted by atomic mass is 19.1. The Kier molecular flexibility index (Phi) is 5.70. The van der Waals surface area contributed by atoms with E-state index in [4.69, 9.17) is 0 Å². The molecule has 2 N–H and O–H groups in total. The number of fused-ring (bicyclic) bond motifs is 1. The lowest BCUT2D eigenvalue weighted by molar-refractivity contribution is 0.0730. The Bertz CT molecular complexity index is 1420. The third-order valence-corrected chi connectivity index (χ3v) is 6.92. The quantitative estimate of drug-likeness (QED) is 0.344. The number of rotatable bonds is 4. The summed E-state index contributed by atoms with van der Waals surface area (Å²) in [5.74, 6) is -0.363. The maximum Gasteiger partial charge on any atom is 0.273 e. The van der Waals surface area contributed by atoms with Crippen molar-refractivity contribution in [3.05, 3.63) is 106 Å². The molecule has 6 heteroatoms. The van der Waals surface area contributed by atoms with Crippen molar-refractivity contribution < 1.29 is 14.3 Å². The molecule has 1 aromatic heterocycles. The molecule has 0 bridgehead atoms. The monoisotopic (exact) mass is 483 g/mol. The molecule has 3 aromatic carbocycles. The molecular formula is C30H30FN3O2. The number of phenols is 1. The predicted molar refractivity (Wildman–Crippen MR) is 138 cm³/mol. The van der Waals surface area contributed by atoms with Crippen LogP contribution in [0.2, 0.25) is 0 Å². The maximum absolute atomic E-state index is 13.7. The Morgan fingerprint density at radius 3 is 2.31 bits per heavy atom. The van der Waals surface area contributed by atoms with Gasteiger partial charge in [-0.2, -0.15) is 5.10 Å². The van der Waals surface area contributed by atoms with Gasteiger partial charge in [0, 0.05) is 17.7 Å². The van der Waals surface area contributed by atoms with Gasteiger partial charge in [-0.25, -0.2) is 4.39 Å². The van der Waals surface area contributed by atoms with Crippen LogP contribution in [0.4, 0.5) is 4.39 Å². The SMILES string of the molecule is Cc1cc(C)c(-c2n[nH]c3c2C(c2ccc(C(C)(C)C)cc2)N(Cc2ccc(F)cc2)C3=O)c(O)c1. The van der Waals surface area contributed by atoms with E-state index in [9.17, 15) is 14.3 Å². The molecular weight excluding hydrogens is 453 g/mol. The minimum absolute atomic E-state index is 0.00537. The van der Waals surface area contributed by atoms with Gasteiger partial charge in [0.15, 0.2) is 0 Å². The fourth-order valence-electron chi connectivity index (χ4n) is 5.10. The number of H-pyrrole nitrogens is 1.